The van der Waals surface area contributed by atoms with E-state index < -0.39 is 0 Å². The Balaban J connectivity index is 2.08. The van der Waals surface area contributed by atoms with Crippen molar-refractivity contribution in [1.82, 2.24) is 14.7 Å². The predicted molar refractivity (Wildman–Crippen MR) is 68.3 cm³/mol. The number of hydrogen-bond donors (Lipinski definition) is 0. The van der Waals surface area contributed by atoms with E-state index in [4.69, 9.17) is 4.74 Å². The number of esters is 1. The number of hydrogen-bond acceptors (Lipinski definition) is 4. The molecule has 0 aliphatic carbocycles. The fourth-order valence-corrected chi connectivity index (χ4v) is 2.36. The molecule has 0 atom stereocenters. The van der Waals surface area contributed by atoms with Crippen molar-refractivity contribution in [2.45, 2.75) is 32.7 Å². The molecule has 1 aliphatic rings. The molecule has 18 heavy (non-hydrogen) atoms. The highest BCUT2D eigenvalue weighted by Crippen LogP contribution is 2.15. The highest BCUT2D eigenvalue weighted by Gasteiger charge is 2.19. The van der Waals surface area contributed by atoms with Gasteiger partial charge in [0.25, 0.3) is 0 Å². The van der Waals surface area contributed by atoms with Crippen molar-refractivity contribution >= 4 is 5.97 Å². The smallest absolute Gasteiger partial charge is 0.341 e. The molecule has 0 unspecified atom stereocenters. The molecule has 1 fully saturated rings. The van der Waals surface area contributed by atoms with Crippen LogP contribution in [-0.4, -0.2) is 40.3 Å². The third-order valence-electron chi connectivity index (χ3n) is 3.22. The fraction of sp³-hybridized carbons (Fsp3) is 0.692. The number of carbonyl (C=O) groups excluding carboxylic acids is 1. The molecule has 1 aromatic heterocycles. The van der Waals surface area contributed by atoms with Gasteiger partial charge in [0.1, 0.15) is 5.56 Å². The summed E-state index contributed by atoms with van der Waals surface area (Å²) < 4.78 is 6.75. The number of ether oxygens (including phenoxy) is 1. The van der Waals surface area contributed by atoms with Crippen LogP contribution in [-0.2, 0) is 18.3 Å². The second kappa shape index (κ2) is 6.00. The summed E-state index contributed by atoms with van der Waals surface area (Å²) in [6.07, 6.45) is 5.53. The van der Waals surface area contributed by atoms with Gasteiger partial charge in [-0.15, -0.1) is 0 Å². The van der Waals surface area contributed by atoms with Gasteiger partial charge >= 0.3 is 5.97 Å². The topological polar surface area (TPSA) is 47.4 Å². The van der Waals surface area contributed by atoms with Crippen LogP contribution in [0.3, 0.4) is 0 Å². The molecule has 100 valence electrons. The SMILES string of the molecule is CCOC(=O)c1cn(C)nc1CN1CCCCC1. The first-order chi connectivity index (χ1) is 8.70. The first-order valence-corrected chi connectivity index (χ1v) is 6.62. The summed E-state index contributed by atoms with van der Waals surface area (Å²) in [5.41, 5.74) is 1.43. The van der Waals surface area contributed by atoms with Crippen LogP contribution in [0.5, 0.6) is 0 Å². The van der Waals surface area contributed by atoms with Crippen LogP contribution < -0.4 is 0 Å². The molecule has 1 saturated heterocycles. The fourth-order valence-electron chi connectivity index (χ4n) is 2.36. The molecular formula is C13H21N3O2. The van der Waals surface area contributed by atoms with Crippen LogP contribution in [0.1, 0.15) is 42.2 Å². The number of nitrogens with zero attached hydrogens (tertiary/aromatic N) is 3. The Morgan fingerprint density at radius 3 is 2.78 bits per heavy atom. The lowest BCUT2D eigenvalue weighted by Gasteiger charge is -2.25. The van der Waals surface area contributed by atoms with Gasteiger partial charge in [-0.25, -0.2) is 4.79 Å². The second-order valence-electron chi connectivity index (χ2n) is 4.72. The minimum absolute atomic E-state index is 0.266. The monoisotopic (exact) mass is 251 g/mol. The predicted octanol–water partition coefficient (Wildman–Crippen LogP) is 1.58. The molecule has 0 radical (unpaired) electrons. The summed E-state index contributed by atoms with van der Waals surface area (Å²) in [6, 6.07) is 0. The maximum absolute atomic E-state index is 11.8. The number of rotatable bonds is 4. The Morgan fingerprint density at radius 2 is 2.11 bits per heavy atom. The largest absolute Gasteiger partial charge is 0.462 e. The molecule has 1 aliphatic heterocycles. The Hall–Kier alpha value is -1.36. The lowest BCUT2D eigenvalue weighted by molar-refractivity contribution is 0.0523. The highest BCUT2D eigenvalue weighted by molar-refractivity contribution is 5.90. The summed E-state index contributed by atoms with van der Waals surface area (Å²) >= 11 is 0. The molecule has 0 bridgehead atoms. The van der Waals surface area contributed by atoms with Gasteiger partial charge in [0.2, 0.25) is 0 Å². The van der Waals surface area contributed by atoms with Crippen LogP contribution in [0.4, 0.5) is 0 Å². The Labute approximate surface area is 108 Å². The van der Waals surface area contributed by atoms with E-state index in [2.05, 4.69) is 10.00 Å². The van der Waals surface area contributed by atoms with Crippen LogP contribution in [0, 0.1) is 0 Å². The normalized spacial score (nSPS) is 16.8. The van der Waals surface area contributed by atoms with E-state index in [1.165, 1.54) is 19.3 Å². The molecule has 5 heteroatoms. The van der Waals surface area contributed by atoms with Crippen molar-refractivity contribution in [2.75, 3.05) is 19.7 Å². The van der Waals surface area contributed by atoms with Gasteiger partial charge in [-0.2, -0.15) is 5.10 Å². The van der Waals surface area contributed by atoms with Crippen molar-refractivity contribution in [1.29, 1.82) is 0 Å². The zero-order valence-electron chi connectivity index (χ0n) is 11.2. The van der Waals surface area contributed by atoms with E-state index in [9.17, 15) is 4.79 Å². The number of likely N-dealkylation sites (tertiary alicyclic amines) is 1. The number of piperidine rings is 1. The van der Waals surface area contributed by atoms with E-state index in [1.54, 1.807) is 10.9 Å². The molecule has 0 aromatic carbocycles. The standard InChI is InChI=1S/C13H21N3O2/c1-3-18-13(17)11-9-15(2)14-12(11)10-16-7-5-4-6-8-16/h9H,3-8,10H2,1-2H3. The molecule has 5 nitrogen and oxygen atoms in total. The number of aromatic nitrogens is 2. The van der Waals surface area contributed by atoms with Gasteiger partial charge in [0.15, 0.2) is 0 Å². The van der Waals surface area contributed by atoms with Crippen LogP contribution in [0.15, 0.2) is 6.20 Å². The third-order valence-corrected chi connectivity index (χ3v) is 3.22. The first-order valence-electron chi connectivity index (χ1n) is 6.62. The third kappa shape index (κ3) is 3.10. The van der Waals surface area contributed by atoms with Crippen molar-refractivity contribution in [3.63, 3.8) is 0 Å². The van der Waals surface area contributed by atoms with E-state index in [0.29, 0.717) is 12.2 Å². The van der Waals surface area contributed by atoms with Gasteiger partial charge in [-0.05, 0) is 32.9 Å². The van der Waals surface area contributed by atoms with Crippen LogP contribution >= 0.6 is 0 Å². The summed E-state index contributed by atoms with van der Waals surface area (Å²) in [5.74, 6) is -0.266. The average Bonchev–Trinajstić information content (AvgIpc) is 2.72. The molecule has 0 amide bonds. The van der Waals surface area contributed by atoms with E-state index in [-0.39, 0.29) is 5.97 Å². The molecule has 2 rings (SSSR count). The van der Waals surface area contributed by atoms with Gasteiger partial charge in [0, 0.05) is 19.8 Å². The van der Waals surface area contributed by atoms with Crippen molar-refractivity contribution < 1.29 is 9.53 Å². The quantitative estimate of drug-likeness (QED) is 0.762. The minimum atomic E-state index is -0.266. The van der Waals surface area contributed by atoms with Crippen molar-refractivity contribution in [3.05, 3.63) is 17.5 Å². The highest BCUT2D eigenvalue weighted by atomic mass is 16.5. The minimum Gasteiger partial charge on any atom is -0.462 e. The maximum atomic E-state index is 11.8. The lowest BCUT2D eigenvalue weighted by Crippen LogP contribution is -2.30. The second-order valence-corrected chi connectivity index (χ2v) is 4.72. The molecule has 2 heterocycles. The van der Waals surface area contributed by atoms with E-state index in [1.807, 2.05) is 14.0 Å². The molecule has 1 aromatic rings. The summed E-state index contributed by atoms with van der Waals surface area (Å²) in [7, 11) is 1.84. The maximum Gasteiger partial charge on any atom is 0.341 e. The van der Waals surface area contributed by atoms with Gasteiger partial charge in [-0.3, -0.25) is 9.58 Å². The lowest BCUT2D eigenvalue weighted by atomic mass is 10.1. The van der Waals surface area contributed by atoms with Crippen LogP contribution in [0.25, 0.3) is 0 Å². The summed E-state index contributed by atoms with van der Waals surface area (Å²) in [5, 5.41) is 4.38. The number of aryl methyl sites for hydroxylation is 1. The van der Waals surface area contributed by atoms with E-state index in [0.717, 1.165) is 25.3 Å². The summed E-state index contributed by atoms with van der Waals surface area (Å²) in [6.45, 7) is 5.15. The molecule has 0 saturated carbocycles. The molecule has 0 N–H and O–H groups in total. The van der Waals surface area contributed by atoms with Crippen LogP contribution in [0.2, 0.25) is 0 Å². The van der Waals surface area contributed by atoms with Gasteiger partial charge in [-0.1, -0.05) is 6.42 Å². The van der Waals surface area contributed by atoms with E-state index >= 15 is 0 Å². The Kier molecular flexibility index (Phi) is 4.36. The van der Waals surface area contributed by atoms with Gasteiger partial charge in [0.05, 0.1) is 12.3 Å². The first kappa shape index (κ1) is 13.1. The molecule has 0 spiro atoms. The molecular weight excluding hydrogens is 230 g/mol. The summed E-state index contributed by atoms with van der Waals surface area (Å²) in [4.78, 5) is 14.2. The van der Waals surface area contributed by atoms with Gasteiger partial charge < -0.3 is 4.74 Å². The Bertz CT molecular complexity index is 408. The zero-order chi connectivity index (χ0) is 13.0. The average molecular weight is 251 g/mol. The number of carbonyl (C=O) groups is 1. The Morgan fingerprint density at radius 1 is 1.39 bits per heavy atom. The van der Waals surface area contributed by atoms with Crippen molar-refractivity contribution in [3.8, 4) is 0 Å². The zero-order valence-corrected chi connectivity index (χ0v) is 11.2. The van der Waals surface area contributed by atoms with Crippen molar-refractivity contribution in [2.24, 2.45) is 7.05 Å².